The number of rotatable bonds is 9. The summed E-state index contributed by atoms with van der Waals surface area (Å²) in [6, 6.07) is 5.76. The summed E-state index contributed by atoms with van der Waals surface area (Å²) in [5.74, 6) is 1.42. The van der Waals surface area contributed by atoms with Crippen LogP contribution < -0.4 is 15.8 Å². The zero-order valence-corrected chi connectivity index (χ0v) is 12.2. The number of nitrogens with one attached hydrogen (secondary N) is 1. The third kappa shape index (κ3) is 5.83. The Bertz CT molecular complexity index is 367. The third-order valence-corrected chi connectivity index (χ3v) is 2.77. The van der Waals surface area contributed by atoms with E-state index in [1.54, 1.807) is 0 Å². The molecule has 0 aliphatic rings. The Balaban J connectivity index is 2.31. The van der Waals surface area contributed by atoms with Crippen molar-refractivity contribution in [1.29, 1.82) is 0 Å². The molecule has 0 saturated heterocycles. The van der Waals surface area contributed by atoms with Gasteiger partial charge in [-0.3, -0.25) is 0 Å². The molecule has 108 valence electrons. The Kier molecular flexibility index (Phi) is 7.11. The first-order valence-electron chi connectivity index (χ1n) is 6.98. The molecule has 0 unspecified atom stereocenters. The Hall–Kier alpha value is -1.42. The molecule has 0 aliphatic heterocycles. The van der Waals surface area contributed by atoms with Gasteiger partial charge in [-0.05, 0) is 31.4 Å². The molecule has 0 aliphatic carbocycles. The first-order valence-corrected chi connectivity index (χ1v) is 6.98. The molecule has 4 heteroatoms. The summed E-state index contributed by atoms with van der Waals surface area (Å²) in [4.78, 5) is 0. The fraction of sp³-hybridized carbons (Fsp3) is 0.600. The maximum Gasteiger partial charge on any atom is 0.144 e. The Labute approximate surface area is 116 Å². The number of para-hydroxylation sites is 1. The van der Waals surface area contributed by atoms with Crippen LogP contribution in [-0.2, 0) is 4.74 Å². The van der Waals surface area contributed by atoms with Gasteiger partial charge in [-0.15, -0.1) is 0 Å². The van der Waals surface area contributed by atoms with Gasteiger partial charge in [0.2, 0.25) is 0 Å². The first kappa shape index (κ1) is 15.6. The summed E-state index contributed by atoms with van der Waals surface area (Å²) in [7, 11) is 0. The molecular weight excluding hydrogens is 240 g/mol. The van der Waals surface area contributed by atoms with Crippen molar-refractivity contribution in [3.8, 4) is 5.75 Å². The SMILES string of the molecule is CCOc1cccc(NCCOCCC(C)C)c1N. The zero-order valence-electron chi connectivity index (χ0n) is 12.2. The normalized spacial score (nSPS) is 10.7. The molecule has 0 atom stereocenters. The fourth-order valence-corrected chi connectivity index (χ4v) is 1.66. The Morgan fingerprint density at radius 1 is 1.26 bits per heavy atom. The summed E-state index contributed by atoms with van der Waals surface area (Å²) in [6.45, 7) is 9.20. The highest BCUT2D eigenvalue weighted by atomic mass is 16.5. The Morgan fingerprint density at radius 3 is 2.74 bits per heavy atom. The minimum atomic E-state index is 0.617. The third-order valence-electron chi connectivity index (χ3n) is 2.77. The second-order valence-electron chi connectivity index (χ2n) is 4.87. The van der Waals surface area contributed by atoms with Gasteiger partial charge in [-0.25, -0.2) is 0 Å². The summed E-state index contributed by atoms with van der Waals surface area (Å²) in [5, 5.41) is 3.27. The number of nitrogen functional groups attached to an aromatic ring is 1. The highest BCUT2D eigenvalue weighted by Crippen LogP contribution is 2.29. The van der Waals surface area contributed by atoms with Crippen molar-refractivity contribution in [2.75, 3.05) is 37.4 Å². The molecule has 0 aromatic heterocycles. The second-order valence-corrected chi connectivity index (χ2v) is 4.87. The molecule has 0 heterocycles. The summed E-state index contributed by atoms with van der Waals surface area (Å²) in [6.07, 6.45) is 1.10. The van der Waals surface area contributed by atoms with Crippen molar-refractivity contribution in [3.05, 3.63) is 18.2 Å². The van der Waals surface area contributed by atoms with E-state index in [1.165, 1.54) is 0 Å². The summed E-state index contributed by atoms with van der Waals surface area (Å²) < 4.78 is 11.0. The minimum absolute atomic E-state index is 0.617. The molecule has 1 aromatic rings. The fourth-order valence-electron chi connectivity index (χ4n) is 1.66. The van der Waals surface area contributed by atoms with Crippen molar-refractivity contribution < 1.29 is 9.47 Å². The molecular formula is C15H26N2O2. The van der Waals surface area contributed by atoms with E-state index in [-0.39, 0.29) is 0 Å². The topological polar surface area (TPSA) is 56.5 Å². The average molecular weight is 266 g/mol. The maximum absolute atomic E-state index is 6.02. The van der Waals surface area contributed by atoms with Gasteiger partial charge in [0.1, 0.15) is 5.75 Å². The number of ether oxygens (including phenoxy) is 2. The van der Waals surface area contributed by atoms with Gasteiger partial charge >= 0.3 is 0 Å². The zero-order chi connectivity index (χ0) is 14.1. The van der Waals surface area contributed by atoms with Gasteiger partial charge in [0.25, 0.3) is 0 Å². The van der Waals surface area contributed by atoms with Crippen molar-refractivity contribution >= 4 is 11.4 Å². The lowest BCUT2D eigenvalue weighted by molar-refractivity contribution is 0.132. The van der Waals surface area contributed by atoms with Crippen LogP contribution in [0.2, 0.25) is 0 Å². The van der Waals surface area contributed by atoms with E-state index in [2.05, 4.69) is 19.2 Å². The second kappa shape index (κ2) is 8.64. The van der Waals surface area contributed by atoms with Gasteiger partial charge in [0.05, 0.1) is 24.6 Å². The molecule has 0 saturated carbocycles. The van der Waals surface area contributed by atoms with Crippen LogP contribution in [0, 0.1) is 5.92 Å². The van der Waals surface area contributed by atoms with E-state index in [9.17, 15) is 0 Å². The van der Waals surface area contributed by atoms with Crippen LogP contribution >= 0.6 is 0 Å². The van der Waals surface area contributed by atoms with E-state index in [0.29, 0.717) is 24.8 Å². The van der Waals surface area contributed by atoms with Gasteiger partial charge in [-0.1, -0.05) is 19.9 Å². The molecule has 4 nitrogen and oxygen atoms in total. The van der Waals surface area contributed by atoms with Crippen molar-refractivity contribution in [3.63, 3.8) is 0 Å². The van der Waals surface area contributed by atoms with Gasteiger partial charge in [0, 0.05) is 13.2 Å². The molecule has 1 aromatic carbocycles. The molecule has 0 radical (unpaired) electrons. The number of nitrogens with two attached hydrogens (primary N) is 1. The predicted molar refractivity (Wildman–Crippen MR) is 80.8 cm³/mol. The summed E-state index contributed by atoms with van der Waals surface area (Å²) in [5.41, 5.74) is 7.58. The van der Waals surface area contributed by atoms with Crippen LogP contribution in [0.4, 0.5) is 11.4 Å². The standard InChI is InChI=1S/C15H26N2O2/c1-4-19-14-7-5-6-13(15(14)16)17-9-11-18-10-8-12(2)3/h5-7,12,17H,4,8-11,16H2,1-3H3. The molecule has 0 amide bonds. The van der Waals surface area contributed by atoms with Crippen LogP contribution in [0.25, 0.3) is 0 Å². The maximum atomic E-state index is 6.02. The highest BCUT2D eigenvalue weighted by Gasteiger charge is 2.04. The molecule has 19 heavy (non-hydrogen) atoms. The van der Waals surface area contributed by atoms with E-state index in [0.717, 1.165) is 31.0 Å². The summed E-state index contributed by atoms with van der Waals surface area (Å²) >= 11 is 0. The van der Waals surface area contributed by atoms with Crippen molar-refractivity contribution in [2.24, 2.45) is 5.92 Å². The van der Waals surface area contributed by atoms with E-state index < -0.39 is 0 Å². The van der Waals surface area contributed by atoms with E-state index >= 15 is 0 Å². The smallest absolute Gasteiger partial charge is 0.144 e. The lowest BCUT2D eigenvalue weighted by atomic mass is 10.1. The number of anilines is 2. The number of benzene rings is 1. The molecule has 1 rings (SSSR count). The lowest BCUT2D eigenvalue weighted by Crippen LogP contribution is -2.12. The van der Waals surface area contributed by atoms with Gasteiger partial charge < -0.3 is 20.5 Å². The average Bonchev–Trinajstić information content (AvgIpc) is 2.37. The Morgan fingerprint density at radius 2 is 2.05 bits per heavy atom. The highest BCUT2D eigenvalue weighted by molar-refractivity contribution is 5.72. The molecule has 0 spiro atoms. The van der Waals surface area contributed by atoms with Gasteiger partial charge in [-0.2, -0.15) is 0 Å². The largest absolute Gasteiger partial charge is 0.492 e. The van der Waals surface area contributed by atoms with Crippen LogP contribution in [0.15, 0.2) is 18.2 Å². The quantitative estimate of drug-likeness (QED) is 0.532. The molecule has 3 N–H and O–H groups in total. The lowest BCUT2D eigenvalue weighted by Gasteiger charge is -2.13. The van der Waals surface area contributed by atoms with Crippen LogP contribution in [0.1, 0.15) is 27.2 Å². The number of hydrogen-bond donors (Lipinski definition) is 2. The monoisotopic (exact) mass is 266 g/mol. The van der Waals surface area contributed by atoms with E-state index in [4.69, 9.17) is 15.2 Å². The van der Waals surface area contributed by atoms with Crippen molar-refractivity contribution in [1.82, 2.24) is 0 Å². The minimum Gasteiger partial charge on any atom is -0.492 e. The first-order chi connectivity index (χ1) is 9.15. The molecule has 0 fully saturated rings. The van der Waals surface area contributed by atoms with E-state index in [1.807, 2.05) is 25.1 Å². The van der Waals surface area contributed by atoms with Crippen LogP contribution in [-0.4, -0.2) is 26.4 Å². The van der Waals surface area contributed by atoms with Crippen LogP contribution in [0.5, 0.6) is 5.75 Å². The van der Waals surface area contributed by atoms with Gasteiger partial charge in [0.15, 0.2) is 0 Å². The number of hydrogen-bond acceptors (Lipinski definition) is 4. The predicted octanol–water partition coefficient (Wildman–Crippen LogP) is 3.14. The molecule has 0 bridgehead atoms. The van der Waals surface area contributed by atoms with Crippen molar-refractivity contribution in [2.45, 2.75) is 27.2 Å². The van der Waals surface area contributed by atoms with Crippen LogP contribution in [0.3, 0.4) is 0 Å².